The van der Waals surface area contributed by atoms with Crippen molar-refractivity contribution in [2.24, 2.45) is 0 Å². The van der Waals surface area contributed by atoms with Gasteiger partial charge in [0, 0.05) is 38.3 Å². The van der Waals surface area contributed by atoms with E-state index in [9.17, 15) is 14.9 Å². The summed E-state index contributed by atoms with van der Waals surface area (Å²) >= 11 is 1.47. The third-order valence-corrected chi connectivity index (χ3v) is 5.65. The largest absolute Gasteiger partial charge is 0.346 e. The molecule has 2 saturated heterocycles. The Kier molecular flexibility index (Phi) is 3.72. The van der Waals surface area contributed by atoms with Gasteiger partial charge in [-0.3, -0.25) is 10.1 Å². The monoisotopic (exact) mass is 347 g/mol. The Morgan fingerprint density at radius 3 is 3.00 bits per heavy atom. The maximum Gasteiger partial charge on any atom is 0.317 e. The van der Waals surface area contributed by atoms with Gasteiger partial charge in [-0.15, -0.1) is 0 Å². The van der Waals surface area contributed by atoms with Crippen molar-refractivity contribution in [3.63, 3.8) is 0 Å². The Labute approximate surface area is 142 Å². The first kappa shape index (κ1) is 15.1. The molecule has 1 atom stereocenters. The first-order chi connectivity index (χ1) is 11.6. The second-order valence-electron chi connectivity index (χ2n) is 6.07. The van der Waals surface area contributed by atoms with Gasteiger partial charge in [-0.05, 0) is 18.9 Å². The molecule has 1 aromatic heterocycles. The summed E-state index contributed by atoms with van der Waals surface area (Å²) in [4.78, 5) is 31.1. The number of aromatic nitrogens is 1. The van der Waals surface area contributed by atoms with Crippen molar-refractivity contribution < 1.29 is 9.72 Å². The number of thiazole rings is 1. The van der Waals surface area contributed by atoms with E-state index in [1.54, 1.807) is 12.1 Å². The Morgan fingerprint density at radius 1 is 1.38 bits per heavy atom. The number of benzene rings is 1. The number of nitrogens with zero attached hydrogens (tertiary/aromatic N) is 4. The topological polar surface area (TPSA) is 91.6 Å². The summed E-state index contributed by atoms with van der Waals surface area (Å²) in [5, 5.41) is 14.6. The van der Waals surface area contributed by atoms with E-state index in [1.165, 1.54) is 17.4 Å². The predicted octanol–water partition coefficient (Wildman–Crippen LogP) is 2.20. The van der Waals surface area contributed by atoms with Crippen molar-refractivity contribution in [2.75, 3.05) is 31.1 Å². The number of amides is 2. The average Bonchev–Trinajstić information content (AvgIpc) is 3.20. The molecule has 4 rings (SSSR count). The van der Waals surface area contributed by atoms with Crippen molar-refractivity contribution in [1.82, 2.24) is 15.2 Å². The smallest absolute Gasteiger partial charge is 0.317 e. The zero-order chi connectivity index (χ0) is 16.7. The van der Waals surface area contributed by atoms with Gasteiger partial charge in [0.05, 0.1) is 21.2 Å². The second-order valence-corrected chi connectivity index (χ2v) is 7.08. The SMILES string of the molecule is O=C1NCCN1C1CCCN(c2nc3ccc([N+](=O)[O-])cc3s2)C1. The van der Waals surface area contributed by atoms with Crippen LogP contribution in [0.15, 0.2) is 18.2 Å². The van der Waals surface area contributed by atoms with Gasteiger partial charge in [0.25, 0.3) is 5.69 Å². The molecule has 0 spiro atoms. The minimum absolute atomic E-state index is 0.0155. The van der Waals surface area contributed by atoms with Gasteiger partial charge in [-0.1, -0.05) is 11.3 Å². The fourth-order valence-electron chi connectivity index (χ4n) is 3.37. The van der Waals surface area contributed by atoms with Crippen LogP contribution in [-0.4, -0.2) is 53.1 Å². The number of nitrogens with one attached hydrogen (secondary N) is 1. The number of fused-ring (bicyclic) bond motifs is 1. The fourth-order valence-corrected chi connectivity index (χ4v) is 4.40. The van der Waals surface area contributed by atoms with Gasteiger partial charge >= 0.3 is 6.03 Å². The van der Waals surface area contributed by atoms with Crippen molar-refractivity contribution in [3.8, 4) is 0 Å². The minimum Gasteiger partial charge on any atom is -0.346 e. The summed E-state index contributed by atoms with van der Waals surface area (Å²) in [6.45, 7) is 3.12. The summed E-state index contributed by atoms with van der Waals surface area (Å²) in [5.41, 5.74) is 0.865. The molecule has 9 heteroatoms. The number of carbonyl (C=O) groups is 1. The van der Waals surface area contributed by atoms with E-state index in [-0.39, 0.29) is 22.7 Å². The highest BCUT2D eigenvalue weighted by atomic mass is 32.1. The highest BCUT2D eigenvalue weighted by molar-refractivity contribution is 7.22. The van der Waals surface area contributed by atoms with E-state index in [1.807, 2.05) is 4.90 Å². The number of piperidine rings is 1. The Balaban J connectivity index is 1.57. The van der Waals surface area contributed by atoms with Crippen LogP contribution in [0.2, 0.25) is 0 Å². The normalized spacial score (nSPS) is 21.3. The molecule has 1 unspecified atom stereocenters. The number of urea groups is 1. The lowest BCUT2D eigenvalue weighted by molar-refractivity contribution is -0.384. The van der Waals surface area contributed by atoms with Crippen LogP contribution in [-0.2, 0) is 0 Å². The molecule has 0 saturated carbocycles. The molecule has 0 aliphatic carbocycles. The van der Waals surface area contributed by atoms with Gasteiger partial charge in [0.15, 0.2) is 5.13 Å². The summed E-state index contributed by atoms with van der Waals surface area (Å²) in [5.74, 6) is 0. The maximum absolute atomic E-state index is 11.9. The van der Waals surface area contributed by atoms with Crippen LogP contribution in [0.5, 0.6) is 0 Å². The lowest BCUT2D eigenvalue weighted by atomic mass is 10.1. The summed E-state index contributed by atoms with van der Waals surface area (Å²) < 4.78 is 0.820. The van der Waals surface area contributed by atoms with Crippen LogP contribution < -0.4 is 10.2 Å². The lowest BCUT2D eigenvalue weighted by Gasteiger charge is -2.36. The van der Waals surface area contributed by atoms with Crippen LogP contribution in [0, 0.1) is 10.1 Å². The van der Waals surface area contributed by atoms with E-state index < -0.39 is 0 Å². The van der Waals surface area contributed by atoms with Gasteiger partial charge in [0.1, 0.15) is 0 Å². The number of non-ortho nitro benzene ring substituents is 1. The molecule has 0 radical (unpaired) electrons. The van der Waals surface area contributed by atoms with Crippen molar-refractivity contribution in [1.29, 1.82) is 0 Å². The van der Waals surface area contributed by atoms with Crippen LogP contribution >= 0.6 is 11.3 Å². The first-order valence-electron chi connectivity index (χ1n) is 7.96. The van der Waals surface area contributed by atoms with Crippen LogP contribution in [0.1, 0.15) is 12.8 Å². The second kappa shape index (κ2) is 5.90. The van der Waals surface area contributed by atoms with E-state index in [4.69, 9.17) is 0 Å². The average molecular weight is 347 g/mol. The molecule has 126 valence electrons. The zero-order valence-corrected chi connectivity index (χ0v) is 13.8. The van der Waals surface area contributed by atoms with Crippen LogP contribution in [0.25, 0.3) is 10.2 Å². The van der Waals surface area contributed by atoms with Crippen molar-refractivity contribution in [3.05, 3.63) is 28.3 Å². The summed E-state index contributed by atoms with van der Waals surface area (Å²) in [7, 11) is 0. The number of hydrogen-bond acceptors (Lipinski definition) is 6. The van der Waals surface area contributed by atoms with Gasteiger partial charge in [-0.2, -0.15) is 0 Å². The number of nitro groups is 1. The molecular formula is C15H17N5O3S. The first-order valence-corrected chi connectivity index (χ1v) is 8.78. The molecule has 8 nitrogen and oxygen atoms in total. The van der Waals surface area contributed by atoms with Crippen molar-refractivity contribution in [2.45, 2.75) is 18.9 Å². The molecule has 2 amide bonds. The summed E-state index contributed by atoms with van der Waals surface area (Å²) in [6, 6.07) is 4.97. The molecule has 24 heavy (non-hydrogen) atoms. The molecule has 2 aliphatic rings. The van der Waals surface area contributed by atoms with Crippen LogP contribution in [0.4, 0.5) is 15.6 Å². The van der Waals surface area contributed by atoms with Crippen LogP contribution in [0.3, 0.4) is 0 Å². The Morgan fingerprint density at radius 2 is 2.25 bits per heavy atom. The number of carbonyl (C=O) groups excluding carboxylic acids is 1. The molecule has 1 aromatic carbocycles. The Bertz CT molecular complexity index is 808. The van der Waals surface area contributed by atoms with Gasteiger partial charge < -0.3 is 15.1 Å². The molecule has 2 aliphatic heterocycles. The third-order valence-electron chi connectivity index (χ3n) is 4.57. The van der Waals surface area contributed by atoms with Gasteiger partial charge in [0.2, 0.25) is 0 Å². The van der Waals surface area contributed by atoms with E-state index >= 15 is 0 Å². The maximum atomic E-state index is 11.9. The minimum atomic E-state index is -0.387. The fraction of sp³-hybridized carbons (Fsp3) is 0.467. The zero-order valence-electron chi connectivity index (χ0n) is 13.0. The third kappa shape index (κ3) is 2.64. The van der Waals surface area contributed by atoms with E-state index in [0.29, 0.717) is 6.54 Å². The van der Waals surface area contributed by atoms with E-state index in [0.717, 1.165) is 47.8 Å². The standard InChI is InChI=1S/C15H17N5O3S/c21-14-16-5-7-19(14)11-2-1-6-18(9-11)15-17-12-4-3-10(20(22)23)8-13(12)24-15/h3-4,8,11H,1-2,5-7,9H2,(H,16,21). The quantitative estimate of drug-likeness (QED) is 0.679. The number of rotatable bonds is 3. The molecule has 0 bridgehead atoms. The summed E-state index contributed by atoms with van der Waals surface area (Å²) in [6.07, 6.45) is 2.00. The number of anilines is 1. The lowest BCUT2D eigenvalue weighted by Crippen LogP contribution is -2.49. The highest BCUT2D eigenvalue weighted by Crippen LogP contribution is 2.33. The number of hydrogen-bond donors (Lipinski definition) is 1. The van der Waals surface area contributed by atoms with Gasteiger partial charge in [-0.25, -0.2) is 9.78 Å². The Hall–Kier alpha value is -2.42. The molecule has 2 fully saturated rings. The molecule has 2 aromatic rings. The molecule has 1 N–H and O–H groups in total. The van der Waals surface area contributed by atoms with E-state index in [2.05, 4.69) is 15.2 Å². The highest BCUT2D eigenvalue weighted by Gasteiger charge is 2.32. The number of nitro benzene ring substituents is 1. The molecular weight excluding hydrogens is 330 g/mol. The molecule has 3 heterocycles. The van der Waals surface area contributed by atoms with Crippen molar-refractivity contribution >= 4 is 38.4 Å². The predicted molar refractivity (Wildman–Crippen MR) is 91.6 cm³/mol.